The number of hydrogen-bond acceptors (Lipinski definition) is 3. The normalized spacial score (nSPS) is 18.9. The lowest BCUT2D eigenvalue weighted by Crippen LogP contribution is -2.42. The molecule has 4 nitrogen and oxygen atoms in total. The number of carbonyl (C=O) groups excluding carboxylic acids is 1. The zero-order chi connectivity index (χ0) is 17.6. The van der Waals surface area contributed by atoms with Gasteiger partial charge in [0.05, 0.1) is 24.5 Å². The second-order valence-electron chi connectivity index (χ2n) is 6.38. The maximum Gasteiger partial charge on any atom is 0.228 e. The van der Waals surface area contributed by atoms with Gasteiger partial charge in [-0.05, 0) is 30.4 Å². The Labute approximate surface area is 145 Å². The van der Waals surface area contributed by atoms with Gasteiger partial charge in [0.1, 0.15) is 0 Å². The van der Waals surface area contributed by atoms with Crippen LogP contribution < -0.4 is 0 Å². The van der Waals surface area contributed by atoms with Crippen molar-refractivity contribution in [1.29, 1.82) is 0 Å². The summed E-state index contributed by atoms with van der Waals surface area (Å²) < 4.78 is 23.3. The largest absolute Gasteiger partial charge is 0.327 e. The Morgan fingerprint density at radius 1 is 1.29 bits per heavy atom. The van der Waals surface area contributed by atoms with Crippen LogP contribution in [0.15, 0.2) is 24.3 Å². The molecule has 130 valence electrons. The van der Waals surface area contributed by atoms with Crippen LogP contribution in [0.4, 0.5) is 0 Å². The summed E-state index contributed by atoms with van der Waals surface area (Å²) in [6.45, 7) is 2.32. The van der Waals surface area contributed by atoms with Crippen molar-refractivity contribution in [3.05, 3.63) is 35.4 Å². The minimum atomic E-state index is -3.04. The van der Waals surface area contributed by atoms with Crippen LogP contribution in [-0.2, 0) is 27.5 Å². The molecule has 1 aromatic carbocycles. The third-order valence-electron chi connectivity index (χ3n) is 4.43. The van der Waals surface area contributed by atoms with E-state index >= 15 is 0 Å². The van der Waals surface area contributed by atoms with E-state index in [1.807, 2.05) is 12.1 Å². The molecule has 0 spiro atoms. The lowest BCUT2D eigenvalue weighted by Gasteiger charge is -2.26. The van der Waals surface area contributed by atoms with E-state index in [-0.39, 0.29) is 36.4 Å². The van der Waals surface area contributed by atoms with Gasteiger partial charge < -0.3 is 4.90 Å². The first-order valence-electron chi connectivity index (χ1n) is 8.46. The average molecular weight is 347 g/mol. The number of terminal acetylenes is 1. The molecule has 0 saturated carbocycles. The topological polar surface area (TPSA) is 54.5 Å². The lowest BCUT2D eigenvalue weighted by molar-refractivity contribution is -0.131. The first-order chi connectivity index (χ1) is 11.4. The van der Waals surface area contributed by atoms with E-state index in [0.717, 1.165) is 24.8 Å². The Bertz CT molecular complexity index is 701. The summed E-state index contributed by atoms with van der Waals surface area (Å²) in [4.78, 5) is 14.1. The second kappa shape index (κ2) is 8.34. The third-order valence-corrected chi connectivity index (χ3v) is 6.18. The van der Waals surface area contributed by atoms with Crippen molar-refractivity contribution in [1.82, 2.24) is 4.90 Å². The van der Waals surface area contributed by atoms with Gasteiger partial charge in [0.2, 0.25) is 5.91 Å². The molecule has 0 radical (unpaired) electrons. The van der Waals surface area contributed by atoms with Crippen molar-refractivity contribution in [2.45, 2.75) is 45.1 Å². The SMILES string of the molecule is C#CCN(C(=O)Cc1ccc(CCCC)cc1)[C@@H]1CCS(=O)(=O)C1. The van der Waals surface area contributed by atoms with Crippen molar-refractivity contribution < 1.29 is 13.2 Å². The molecule has 2 rings (SSSR count). The summed E-state index contributed by atoms with van der Waals surface area (Å²) in [6, 6.07) is 7.78. The van der Waals surface area contributed by atoms with E-state index in [2.05, 4.69) is 25.0 Å². The first kappa shape index (κ1) is 18.5. The fraction of sp³-hybridized carbons (Fsp3) is 0.526. The standard InChI is InChI=1S/C19H25NO3S/c1-3-5-6-16-7-9-17(10-8-16)14-19(21)20(12-4-2)18-11-13-24(22,23)15-18/h2,7-10,18H,3,5-6,11-15H2,1H3/t18-/m1/s1. The van der Waals surface area contributed by atoms with E-state index < -0.39 is 9.84 Å². The molecule has 1 aliphatic rings. The van der Waals surface area contributed by atoms with E-state index in [1.165, 1.54) is 5.56 Å². The molecule has 1 fully saturated rings. The van der Waals surface area contributed by atoms with Crippen molar-refractivity contribution in [2.24, 2.45) is 0 Å². The minimum absolute atomic E-state index is 0.0242. The maximum absolute atomic E-state index is 12.6. The Hall–Kier alpha value is -1.80. The monoisotopic (exact) mass is 347 g/mol. The van der Waals surface area contributed by atoms with Crippen LogP contribution in [0.25, 0.3) is 0 Å². The van der Waals surface area contributed by atoms with Crippen LogP contribution in [0.2, 0.25) is 0 Å². The van der Waals surface area contributed by atoms with Crippen molar-refractivity contribution in [3.63, 3.8) is 0 Å². The first-order valence-corrected chi connectivity index (χ1v) is 10.3. The fourth-order valence-electron chi connectivity index (χ4n) is 3.02. The second-order valence-corrected chi connectivity index (χ2v) is 8.61. The highest BCUT2D eigenvalue weighted by Gasteiger charge is 2.34. The number of sulfone groups is 1. The number of carbonyl (C=O) groups is 1. The van der Waals surface area contributed by atoms with Crippen LogP contribution in [-0.4, -0.2) is 43.3 Å². The van der Waals surface area contributed by atoms with Crippen LogP contribution in [0.3, 0.4) is 0 Å². The highest BCUT2D eigenvalue weighted by atomic mass is 32.2. The quantitative estimate of drug-likeness (QED) is 0.711. The van der Waals surface area contributed by atoms with E-state index in [1.54, 1.807) is 4.90 Å². The van der Waals surface area contributed by atoms with E-state index in [4.69, 9.17) is 6.42 Å². The zero-order valence-electron chi connectivity index (χ0n) is 14.2. The molecule has 0 aromatic heterocycles. The van der Waals surface area contributed by atoms with Crippen molar-refractivity contribution >= 4 is 15.7 Å². The summed E-state index contributed by atoms with van der Waals surface area (Å²) in [5.41, 5.74) is 2.21. The minimum Gasteiger partial charge on any atom is -0.327 e. The molecule has 1 saturated heterocycles. The van der Waals surface area contributed by atoms with Gasteiger partial charge >= 0.3 is 0 Å². The highest BCUT2D eigenvalue weighted by molar-refractivity contribution is 7.91. The smallest absolute Gasteiger partial charge is 0.228 e. The Morgan fingerprint density at radius 3 is 2.50 bits per heavy atom. The molecule has 5 heteroatoms. The summed E-state index contributed by atoms with van der Waals surface area (Å²) in [6.07, 6.45) is 9.47. The van der Waals surface area contributed by atoms with Crippen molar-refractivity contribution in [2.75, 3.05) is 18.1 Å². The Morgan fingerprint density at radius 2 is 1.96 bits per heavy atom. The number of rotatable bonds is 7. The lowest BCUT2D eigenvalue weighted by atomic mass is 10.0. The van der Waals surface area contributed by atoms with Gasteiger partial charge in [0, 0.05) is 6.04 Å². The van der Waals surface area contributed by atoms with Gasteiger partial charge in [-0.25, -0.2) is 8.42 Å². The predicted molar refractivity (Wildman–Crippen MR) is 96.4 cm³/mol. The Kier molecular flexibility index (Phi) is 6.44. The summed E-state index contributed by atoms with van der Waals surface area (Å²) in [7, 11) is -3.04. The van der Waals surface area contributed by atoms with Gasteiger partial charge in [0.25, 0.3) is 0 Å². The number of amides is 1. The fourth-order valence-corrected chi connectivity index (χ4v) is 4.75. The van der Waals surface area contributed by atoms with E-state index in [0.29, 0.717) is 6.42 Å². The molecule has 1 aromatic rings. The molecule has 0 unspecified atom stereocenters. The average Bonchev–Trinajstić information content (AvgIpc) is 2.91. The number of benzene rings is 1. The molecular weight excluding hydrogens is 322 g/mol. The maximum atomic E-state index is 12.6. The number of unbranched alkanes of at least 4 members (excludes halogenated alkanes) is 1. The third kappa shape index (κ3) is 5.10. The van der Waals surface area contributed by atoms with Gasteiger partial charge in [-0.1, -0.05) is 43.5 Å². The molecule has 1 amide bonds. The van der Waals surface area contributed by atoms with Gasteiger partial charge in [0.15, 0.2) is 9.84 Å². The molecule has 0 N–H and O–H groups in total. The molecular formula is C19H25NO3S. The summed E-state index contributed by atoms with van der Waals surface area (Å²) in [5.74, 6) is 2.54. The summed E-state index contributed by atoms with van der Waals surface area (Å²) in [5, 5.41) is 0. The molecule has 0 bridgehead atoms. The molecule has 24 heavy (non-hydrogen) atoms. The summed E-state index contributed by atoms with van der Waals surface area (Å²) >= 11 is 0. The molecule has 1 heterocycles. The van der Waals surface area contributed by atoms with Gasteiger partial charge in [-0.2, -0.15) is 0 Å². The van der Waals surface area contributed by atoms with Gasteiger partial charge in [-0.3, -0.25) is 4.79 Å². The van der Waals surface area contributed by atoms with Crippen LogP contribution in [0.5, 0.6) is 0 Å². The Balaban J connectivity index is 2.01. The molecule has 1 atom stereocenters. The van der Waals surface area contributed by atoms with Crippen molar-refractivity contribution in [3.8, 4) is 12.3 Å². The predicted octanol–water partition coefficient (Wildman–Crippen LogP) is 2.22. The molecule has 0 aliphatic carbocycles. The van der Waals surface area contributed by atoms with Crippen LogP contribution >= 0.6 is 0 Å². The molecule has 1 aliphatic heterocycles. The number of hydrogen-bond donors (Lipinski definition) is 0. The number of aryl methyl sites for hydroxylation is 1. The van der Waals surface area contributed by atoms with Crippen LogP contribution in [0, 0.1) is 12.3 Å². The van der Waals surface area contributed by atoms with Crippen LogP contribution in [0.1, 0.15) is 37.3 Å². The van der Waals surface area contributed by atoms with Gasteiger partial charge in [-0.15, -0.1) is 6.42 Å². The zero-order valence-corrected chi connectivity index (χ0v) is 15.0. The highest BCUT2D eigenvalue weighted by Crippen LogP contribution is 2.19. The number of nitrogens with zero attached hydrogens (tertiary/aromatic N) is 1. The van der Waals surface area contributed by atoms with E-state index in [9.17, 15) is 13.2 Å².